The van der Waals surface area contributed by atoms with Crippen LogP contribution in [0, 0.1) is 0 Å². The number of aliphatic hydroxyl groups excluding tert-OH is 1. The van der Waals surface area contributed by atoms with Crippen molar-refractivity contribution in [3.63, 3.8) is 0 Å². The summed E-state index contributed by atoms with van der Waals surface area (Å²) in [5.74, 6) is -1.56. The zero-order valence-corrected chi connectivity index (χ0v) is 22.7. The predicted molar refractivity (Wildman–Crippen MR) is 148 cm³/mol. The summed E-state index contributed by atoms with van der Waals surface area (Å²) in [6.07, 6.45) is 2.85. The first kappa shape index (κ1) is 27.6. The Hall–Kier alpha value is -4.46. The zero-order valence-electron chi connectivity index (χ0n) is 22.7. The van der Waals surface area contributed by atoms with Gasteiger partial charge in [-0.05, 0) is 92.4 Å². The maximum absolute atomic E-state index is 13.4. The number of aliphatic hydroxyl groups is 1. The van der Waals surface area contributed by atoms with Gasteiger partial charge in [-0.1, -0.05) is 13.8 Å². The van der Waals surface area contributed by atoms with Crippen molar-refractivity contribution in [1.82, 2.24) is 4.98 Å². The average Bonchev–Trinajstić information content (AvgIpc) is 3.18. The second kappa shape index (κ2) is 11.5. The minimum absolute atomic E-state index is 0.0339. The van der Waals surface area contributed by atoms with Crippen LogP contribution in [-0.2, 0) is 14.3 Å². The summed E-state index contributed by atoms with van der Waals surface area (Å²) in [6, 6.07) is 14.0. The van der Waals surface area contributed by atoms with Crippen molar-refractivity contribution in [3.8, 4) is 5.75 Å². The molecule has 1 fully saturated rings. The molecule has 3 aromatic rings. The summed E-state index contributed by atoms with van der Waals surface area (Å²) in [4.78, 5) is 44.6. The van der Waals surface area contributed by atoms with Gasteiger partial charge in [0.2, 0.25) is 0 Å². The summed E-state index contributed by atoms with van der Waals surface area (Å²) in [6.45, 7) is 9.93. The number of anilines is 1. The van der Waals surface area contributed by atoms with Gasteiger partial charge >= 0.3 is 5.97 Å². The largest absolute Gasteiger partial charge is 0.507 e. The molecule has 1 atom stereocenters. The van der Waals surface area contributed by atoms with E-state index >= 15 is 0 Å². The van der Waals surface area contributed by atoms with E-state index in [0.29, 0.717) is 34.7 Å². The van der Waals surface area contributed by atoms with Crippen LogP contribution in [0.25, 0.3) is 5.76 Å². The lowest BCUT2D eigenvalue weighted by Gasteiger charge is -2.25. The highest BCUT2D eigenvalue weighted by Crippen LogP contribution is 2.42. The number of carbonyl (C=O) groups is 3. The number of carbonyl (C=O) groups excluding carboxylic acids is 3. The van der Waals surface area contributed by atoms with Crippen molar-refractivity contribution in [2.75, 3.05) is 11.5 Å². The molecule has 0 bridgehead atoms. The maximum Gasteiger partial charge on any atom is 0.338 e. The number of benzene rings is 2. The first-order chi connectivity index (χ1) is 18.6. The zero-order chi connectivity index (χ0) is 28.3. The number of nitrogens with zero attached hydrogens (tertiary/aromatic N) is 2. The lowest BCUT2D eigenvalue weighted by molar-refractivity contribution is -0.132. The third-order valence-corrected chi connectivity index (χ3v) is 6.40. The number of ether oxygens (including phenoxy) is 2. The summed E-state index contributed by atoms with van der Waals surface area (Å²) < 4.78 is 11.0. The minimum atomic E-state index is -0.907. The molecule has 1 saturated heterocycles. The number of esters is 1. The lowest BCUT2D eigenvalue weighted by atomic mass is 9.93. The highest BCUT2D eigenvalue weighted by molar-refractivity contribution is 6.51. The first-order valence-electron chi connectivity index (χ1n) is 12.9. The molecule has 1 aliphatic rings. The Balaban J connectivity index is 1.84. The molecule has 1 aromatic heterocycles. The smallest absolute Gasteiger partial charge is 0.338 e. The molecule has 8 heteroatoms. The quantitative estimate of drug-likeness (QED) is 0.171. The van der Waals surface area contributed by atoms with Gasteiger partial charge in [-0.25, -0.2) is 4.79 Å². The van der Waals surface area contributed by atoms with Crippen LogP contribution in [0.2, 0.25) is 0 Å². The lowest BCUT2D eigenvalue weighted by Crippen LogP contribution is -2.29. The standard InChI is InChI=1S/C31H32N2O6/c1-6-38-25-12-9-22(17-24(25)18(2)3)28(34)26-27(20-13-15-32-16-14-20)33(30(36)29(26)35)23-10-7-21(8-11-23)31(37)39-19(4)5/h7-19,27,34H,6H2,1-5H3/b28-26-. The second-order valence-corrected chi connectivity index (χ2v) is 9.79. The fourth-order valence-electron chi connectivity index (χ4n) is 4.59. The summed E-state index contributed by atoms with van der Waals surface area (Å²) in [5.41, 5.74) is 2.57. The number of hydrogen-bond acceptors (Lipinski definition) is 7. The van der Waals surface area contributed by atoms with Crippen molar-refractivity contribution < 1.29 is 29.0 Å². The van der Waals surface area contributed by atoms with Gasteiger partial charge in [0, 0.05) is 23.6 Å². The van der Waals surface area contributed by atoms with E-state index in [4.69, 9.17) is 9.47 Å². The minimum Gasteiger partial charge on any atom is -0.507 e. The Morgan fingerprint density at radius 2 is 1.62 bits per heavy atom. The molecule has 2 aromatic carbocycles. The van der Waals surface area contributed by atoms with Crippen LogP contribution in [-0.4, -0.2) is 40.5 Å². The molecule has 0 spiro atoms. The summed E-state index contributed by atoms with van der Waals surface area (Å²) in [7, 11) is 0. The molecule has 1 unspecified atom stereocenters. The van der Waals surface area contributed by atoms with Gasteiger partial charge < -0.3 is 14.6 Å². The Morgan fingerprint density at radius 1 is 0.974 bits per heavy atom. The van der Waals surface area contributed by atoms with Gasteiger partial charge in [0.15, 0.2) is 0 Å². The number of Topliss-reactive ketones (excluding diaryl/α,β-unsaturated/α-hetero) is 1. The number of aromatic nitrogens is 1. The molecule has 8 nitrogen and oxygen atoms in total. The Morgan fingerprint density at radius 3 is 2.21 bits per heavy atom. The Bertz CT molecular complexity index is 1410. The van der Waals surface area contributed by atoms with E-state index in [1.807, 2.05) is 20.8 Å². The topological polar surface area (TPSA) is 106 Å². The van der Waals surface area contributed by atoms with Crippen LogP contribution >= 0.6 is 0 Å². The van der Waals surface area contributed by atoms with Crippen LogP contribution in [0.15, 0.2) is 72.6 Å². The number of amides is 1. The number of hydrogen-bond donors (Lipinski definition) is 1. The van der Waals surface area contributed by atoms with Gasteiger partial charge in [0.1, 0.15) is 11.5 Å². The molecule has 1 amide bonds. The second-order valence-electron chi connectivity index (χ2n) is 9.79. The highest BCUT2D eigenvalue weighted by atomic mass is 16.5. The molecule has 202 valence electrons. The monoisotopic (exact) mass is 528 g/mol. The van der Waals surface area contributed by atoms with Crippen LogP contribution < -0.4 is 9.64 Å². The van der Waals surface area contributed by atoms with Gasteiger partial charge in [-0.3, -0.25) is 19.5 Å². The molecule has 4 rings (SSSR count). The van der Waals surface area contributed by atoms with Crippen LogP contribution in [0.4, 0.5) is 5.69 Å². The van der Waals surface area contributed by atoms with E-state index in [2.05, 4.69) is 4.98 Å². The normalized spacial score (nSPS) is 16.7. The van der Waals surface area contributed by atoms with Gasteiger partial charge in [0.25, 0.3) is 11.7 Å². The average molecular weight is 529 g/mol. The van der Waals surface area contributed by atoms with E-state index in [-0.39, 0.29) is 23.4 Å². The van der Waals surface area contributed by atoms with Crippen molar-refractivity contribution in [2.24, 2.45) is 0 Å². The number of rotatable bonds is 8. The van der Waals surface area contributed by atoms with Crippen LogP contribution in [0.1, 0.15) is 73.6 Å². The summed E-state index contributed by atoms with van der Waals surface area (Å²) in [5, 5.41) is 11.5. The van der Waals surface area contributed by atoms with E-state index in [1.54, 1.807) is 80.8 Å². The van der Waals surface area contributed by atoms with Crippen molar-refractivity contribution in [3.05, 3.63) is 94.8 Å². The van der Waals surface area contributed by atoms with E-state index in [0.717, 1.165) is 5.56 Å². The maximum atomic E-state index is 13.4. The van der Waals surface area contributed by atoms with E-state index < -0.39 is 23.7 Å². The SMILES string of the molecule is CCOc1ccc(/C(O)=C2/C(=O)C(=O)N(c3ccc(C(=O)OC(C)C)cc3)C2c2ccncc2)cc1C(C)C. The van der Waals surface area contributed by atoms with Gasteiger partial charge in [-0.15, -0.1) is 0 Å². The van der Waals surface area contributed by atoms with E-state index in [9.17, 15) is 19.5 Å². The number of pyridine rings is 1. The fourth-order valence-corrected chi connectivity index (χ4v) is 4.59. The molecule has 1 N–H and O–H groups in total. The molecule has 0 aliphatic carbocycles. The molecule has 39 heavy (non-hydrogen) atoms. The van der Waals surface area contributed by atoms with Gasteiger partial charge in [-0.2, -0.15) is 0 Å². The molecule has 0 radical (unpaired) electrons. The molecule has 0 saturated carbocycles. The Kier molecular flexibility index (Phi) is 8.14. The van der Waals surface area contributed by atoms with E-state index in [1.165, 1.54) is 4.90 Å². The van der Waals surface area contributed by atoms with Crippen molar-refractivity contribution in [1.29, 1.82) is 0 Å². The van der Waals surface area contributed by atoms with Crippen LogP contribution in [0.5, 0.6) is 5.75 Å². The molecular weight excluding hydrogens is 496 g/mol. The third-order valence-electron chi connectivity index (χ3n) is 6.40. The third kappa shape index (κ3) is 5.55. The molecule has 1 aliphatic heterocycles. The fraction of sp³-hybridized carbons (Fsp3) is 0.290. The molecule has 2 heterocycles. The van der Waals surface area contributed by atoms with Crippen molar-refractivity contribution in [2.45, 2.75) is 52.7 Å². The Labute approximate surface area is 227 Å². The van der Waals surface area contributed by atoms with Gasteiger partial charge in [0.05, 0.1) is 29.9 Å². The molecular formula is C31H32N2O6. The highest BCUT2D eigenvalue weighted by Gasteiger charge is 2.47. The summed E-state index contributed by atoms with van der Waals surface area (Å²) >= 11 is 0. The van der Waals surface area contributed by atoms with Crippen molar-refractivity contribution >= 4 is 29.1 Å². The first-order valence-corrected chi connectivity index (χ1v) is 12.9. The van der Waals surface area contributed by atoms with Crippen LogP contribution in [0.3, 0.4) is 0 Å². The predicted octanol–water partition coefficient (Wildman–Crippen LogP) is 5.80. The number of ketones is 1.